The Morgan fingerprint density at radius 2 is 2.10 bits per heavy atom. The standard InChI is InChI=1S/C14H9ClN2O3S/c15-10-2-1-9(12(7-10)17(19)20)8-16-5-3-13-11(14(16)18)4-6-21-13/h1-7H,8H2. The third kappa shape index (κ3) is 2.55. The van der Waals surface area contributed by atoms with Gasteiger partial charge in [0.15, 0.2) is 0 Å². The Kier molecular flexibility index (Phi) is 3.48. The van der Waals surface area contributed by atoms with Crippen LogP contribution in [0.15, 0.2) is 46.7 Å². The normalized spacial score (nSPS) is 10.9. The summed E-state index contributed by atoms with van der Waals surface area (Å²) in [6.07, 6.45) is 1.65. The molecule has 0 aliphatic carbocycles. The van der Waals surface area contributed by atoms with Crippen LogP contribution in [0.1, 0.15) is 5.56 Å². The predicted molar refractivity (Wildman–Crippen MR) is 83.3 cm³/mol. The van der Waals surface area contributed by atoms with E-state index >= 15 is 0 Å². The van der Waals surface area contributed by atoms with E-state index in [2.05, 4.69) is 0 Å². The lowest BCUT2D eigenvalue weighted by atomic mass is 10.1. The van der Waals surface area contributed by atoms with E-state index < -0.39 is 4.92 Å². The highest BCUT2D eigenvalue weighted by atomic mass is 35.5. The fraction of sp³-hybridized carbons (Fsp3) is 0.0714. The van der Waals surface area contributed by atoms with Gasteiger partial charge < -0.3 is 4.57 Å². The van der Waals surface area contributed by atoms with Crippen LogP contribution >= 0.6 is 22.9 Å². The van der Waals surface area contributed by atoms with Gasteiger partial charge in [-0.3, -0.25) is 14.9 Å². The second-order valence-electron chi connectivity index (χ2n) is 4.48. The molecule has 0 aliphatic heterocycles. The Balaban J connectivity index is 2.08. The minimum Gasteiger partial charge on any atom is -0.310 e. The number of nitro benzene ring substituents is 1. The van der Waals surface area contributed by atoms with E-state index in [1.807, 2.05) is 11.4 Å². The summed E-state index contributed by atoms with van der Waals surface area (Å²) in [6.45, 7) is 0.137. The van der Waals surface area contributed by atoms with Crippen LogP contribution in [0.2, 0.25) is 5.02 Å². The molecule has 3 rings (SSSR count). The van der Waals surface area contributed by atoms with Crippen LogP contribution in [0.4, 0.5) is 5.69 Å². The van der Waals surface area contributed by atoms with Crippen molar-refractivity contribution in [1.29, 1.82) is 0 Å². The zero-order valence-electron chi connectivity index (χ0n) is 10.7. The minimum absolute atomic E-state index is 0.0835. The average Bonchev–Trinajstić information content (AvgIpc) is 2.92. The van der Waals surface area contributed by atoms with E-state index in [0.717, 1.165) is 4.70 Å². The average molecular weight is 321 g/mol. The zero-order chi connectivity index (χ0) is 15.0. The van der Waals surface area contributed by atoms with Gasteiger partial charge in [0.1, 0.15) is 0 Å². The minimum atomic E-state index is -0.491. The van der Waals surface area contributed by atoms with Gasteiger partial charge in [-0.05, 0) is 29.6 Å². The summed E-state index contributed by atoms with van der Waals surface area (Å²) in [7, 11) is 0. The molecule has 5 nitrogen and oxygen atoms in total. The molecule has 2 aromatic heterocycles. The highest BCUT2D eigenvalue weighted by Crippen LogP contribution is 2.24. The number of pyridine rings is 1. The molecule has 2 heterocycles. The number of rotatable bonds is 3. The van der Waals surface area contributed by atoms with Crippen molar-refractivity contribution in [3.8, 4) is 0 Å². The number of fused-ring (bicyclic) bond motifs is 1. The van der Waals surface area contributed by atoms with Crippen LogP contribution in [0.3, 0.4) is 0 Å². The van der Waals surface area contributed by atoms with Gasteiger partial charge in [0.25, 0.3) is 11.2 Å². The SMILES string of the molecule is O=c1c2ccsc2ccn1Cc1ccc(Cl)cc1[N+](=O)[O-]. The first kappa shape index (κ1) is 13.8. The maximum absolute atomic E-state index is 12.3. The molecule has 0 amide bonds. The second kappa shape index (κ2) is 5.31. The molecule has 0 radical (unpaired) electrons. The summed E-state index contributed by atoms with van der Waals surface area (Å²) in [6, 6.07) is 8.05. The first-order chi connectivity index (χ1) is 10.1. The molecule has 0 N–H and O–H groups in total. The van der Waals surface area contributed by atoms with Crippen molar-refractivity contribution in [3.63, 3.8) is 0 Å². The number of nitrogens with zero attached hydrogens (tertiary/aromatic N) is 2. The molecule has 1 aromatic carbocycles. The highest BCUT2D eigenvalue weighted by molar-refractivity contribution is 7.17. The first-order valence-electron chi connectivity index (χ1n) is 6.06. The molecule has 0 atom stereocenters. The lowest BCUT2D eigenvalue weighted by Gasteiger charge is -2.07. The summed E-state index contributed by atoms with van der Waals surface area (Å²) < 4.78 is 2.37. The number of hydrogen-bond donors (Lipinski definition) is 0. The van der Waals surface area contributed by atoms with E-state index in [9.17, 15) is 14.9 Å². The van der Waals surface area contributed by atoms with Gasteiger partial charge in [-0.25, -0.2) is 0 Å². The smallest absolute Gasteiger partial charge is 0.275 e. The van der Waals surface area contributed by atoms with Gasteiger partial charge in [-0.15, -0.1) is 11.3 Å². The molecule has 7 heteroatoms. The molecule has 106 valence electrons. The quantitative estimate of drug-likeness (QED) is 0.546. The monoisotopic (exact) mass is 320 g/mol. The number of thiophene rings is 1. The van der Waals surface area contributed by atoms with Crippen LogP contribution in [0.25, 0.3) is 10.1 Å². The Labute approximate surface area is 128 Å². The van der Waals surface area contributed by atoms with E-state index in [0.29, 0.717) is 16.0 Å². The number of nitro groups is 1. The van der Waals surface area contributed by atoms with Crippen molar-refractivity contribution in [2.45, 2.75) is 6.54 Å². The van der Waals surface area contributed by atoms with Crippen molar-refractivity contribution in [2.24, 2.45) is 0 Å². The maximum atomic E-state index is 12.3. The number of hydrogen-bond acceptors (Lipinski definition) is 4. The van der Waals surface area contributed by atoms with Gasteiger partial charge in [-0.2, -0.15) is 0 Å². The lowest BCUT2D eigenvalue weighted by Crippen LogP contribution is -2.19. The van der Waals surface area contributed by atoms with Crippen LogP contribution in [0.5, 0.6) is 0 Å². The van der Waals surface area contributed by atoms with Crippen LogP contribution < -0.4 is 5.56 Å². The molecule has 0 saturated heterocycles. The van der Waals surface area contributed by atoms with Gasteiger partial charge in [0.05, 0.1) is 16.9 Å². The molecule has 0 bridgehead atoms. The predicted octanol–water partition coefficient (Wildman–Crippen LogP) is 3.67. The molecule has 3 aromatic rings. The highest BCUT2D eigenvalue weighted by Gasteiger charge is 2.15. The first-order valence-corrected chi connectivity index (χ1v) is 7.31. The van der Waals surface area contributed by atoms with Crippen LogP contribution in [-0.2, 0) is 6.54 Å². The topological polar surface area (TPSA) is 65.1 Å². The Bertz CT molecular complexity index is 901. The number of benzene rings is 1. The van der Waals surface area contributed by atoms with E-state index in [1.165, 1.54) is 22.0 Å². The zero-order valence-corrected chi connectivity index (χ0v) is 12.2. The van der Waals surface area contributed by atoms with Crippen molar-refractivity contribution in [1.82, 2.24) is 4.57 Å². The fourth-order valence-electron chi connectivity index (χ4n) is 2.16. The second-order valence-corrected chi connectivity index (χ2v) is 5.86. The van der Waals surface area contributed by atoms with Crippen LogP contribution in [0, 0.1) is 10.1 Å². The third-order valence-electron chi connectivity index (χ3n) is 3.18. The molecule has 0 saturated carbocycles. The number of aromatic nitrogens is 1. The van der Waals surface area contributed by atoms with Crippen molar-refractivity contribution >= 4 is 38.7 Å². The molecule has 0 fully saturated rings. The lowest BCUT2D eigenvalue weighted by molar-refractivity contribution is -0.385. The molecule has 21 heavy (non-hydrogen) atoms. The van der Waals surface area contributed by atoms with Crippen molar-refractivity contribution in [3.05, 3.63) is 73.0 Å². The Morgan fingerprint density at radius 3 is 2.86 bits per heavy atom. The maximum Gasteiger partial charge on any atom is 0.275 e. The molecule has 0 unspecified atom stereocenters. The molecular weight excluding hydrogens is 312 g/mol. The van der Waals surface area contributed by atoms with Gasteiger partial charge in [0, 0.05) is 27.5 Å². The Hall–Kier alpha value is -2.18. The number of halogens is 1. The van der Waals surface area contributed by atoms with Gasteiger partial charge in [-0.1, -0.05) is 11.6 Å². The van der Waals surface area contributed by atoms with Crippen molar-refractivity contribution in [2.75, 3.05) is 0 Å². The van der Waals surface area contributed by atoms with E-state index in [-0.39, 0.29) is 17.8 Å². The van der Waals surface area contributed by atoms with Crippen molar-refractivity contribution < 1.29 is 4.92 Å². The largest absolute Gasteiger partial charge is 0.310 e. The summed E-state index contributed by atoms with van der Waals surface area (Å²) in [4.78, 5) is 22.9. The van der Waals surface area contributed by atoms with Gasteiger partial charge >= 0.3 is 0 Å². The van der Waals surface area contributed by atoms with Gasteiger partial charge in [0.2, 0.25) is 0 Å². The molecular formula is C14H9ClN2O3S. The summed E-state index contributed by atoms with van der Waals surface area (Å²) in [5.74, 6) is 0. The van der Waals surface area contributed by atoms with E-state index in [1.54, 1.807) is 24.4 Å². The third-order valence-corrected chi connectivity index (χ3v) is 4.29. The molecule has 0 spiro atoms. The molecule has 0 aliphatic rings. The van der Waals surface area contributed by atoms with Crippen LogP contribution in [-0.4, -0.2) is 9.49 Å². The summed E-state index contributed by atoms with van der Waals surface area (Å²) in [5, 5.41) is 13.9. The summed E-state index contributed by atoms with van der Waals surface area (Å²) in [5.41, 5.74) is 0.207. The fourth-order valence-corrected chi connectivity index (χ4v) is 3.09. The van der Waals surface area contributed by atoms with E-state index in [4.69, 9.17) is 11.6 Å². The summed E-state index contributed by atoms with van der Waals surface area (Å²) >= 11 is 7.27. The Morgan fingerprint density at radius 1 is 1.29 bits per heavy atom.